The van der Waals surface area contributed by atoms with Gasteiger partial charge in [-0.05, 0) is 31.7 Å². The van der Waals surface area contributed by atoms with Gasteiger partial charge in [0.2, 0.25) is 0 Å². The molecule has 2 heteroatoms. The first kappa shape index (κ1) is 14.6. The minimum Gasteiger partial charge on any atom is -0.316 e. The summed E-state index contributed by atoms with van der Waals surface area (Å²) in [4.78, 5) is 0. The molecule has 1 N–H and O–H groups in total. The zero-order valence-corrected chi connectivity index (χ0v) is 9.02. The smallest absolute Gasteiger partial charge is 0.122 e. The summed E-state index contributed by atoms with van der Waals surface area (Å²) in [5.41, 5.74) is 0.921. The summed E-state index contributed by atoms with van der Waals surface area (Å²) in [6.45, 7) is 9.87. The van der Waals surface area contributed by atoms with Crippen molar-refractivity contribution in [3.05, 3.63) is 36.2 Å². The zero-order valence-electron chi connectivity index (χ0n) is 9.02. The number of likely N-dealkylation sites (N-methyl/N-ethyl adjacent to an activating group) is 1. The molecule has 0 aliphatic rings. The van der Waals surface area contributed by atoms with E-state index in [0.717, 1.165) is 5.57 Å². The van der Waals surface area contributed by atoms with Crippen molar-refractivity contribution in [3.8, 4) is 0 Å². The second kappa shape index (κ2) is 11.1. The van der Waals surface area contributed by atoms with E-state index in [4.69, 9.17) is 0 Å². The topological polar surface area (TPSA) is 12.0 Å². The highest BCUT2D eigenvalue weighted by atomic mass is 19.1. The molecular formula is C11H20FN. The molecule has 1 nitrogen and oxygen atoms in total. The van der Waals surface area contributed by atoms with Crippen LogP contribution in [0.3, 0.4) is 0 Å². The fourth-order valence-electron chi connectivity index (χ4n) is 0.677. The Balaban J connectivity index is 0. The van der Waals surface area contributed by atoms with Gasteiger partial charge < -0.3 is 5.32 Å². The summed E-state index contributed by atoms with van der Waals surface area (Å²) < 4.78 is 12.6. The molecule has 0 unspecified atom stereocenters. The molecule has 0 aliphatic carbocycles. The summed E-state index contributed by atoms with van der Waals surface area (Å²) in [5.74, 6) is -0.298. The maximum absolute atomic E-state index is 12.6. The average Bonchev–Trinajstić information content (AvgIpc) is 2.20. The van der Waals surface area contributed by atoms with Gasteiger partial charge in [-0.15, -0.1) is 0 Å². The molecule has 0 aromatic carbocycles. The third-order valence-electron chi connectivity index (χ3n) is 1.27. The molecule has 0 amide bonds. The minimum absolute atomic E-state index is 0.298. The number of rotatable bonds is 4. The second-order valence-corrected chi connectivity index (χ2v) is 2.13. The Labute approximate surface area is 81.0 Å². The van der Waals surface area contributed by atoms with Gasteiger partial charge in [0.15, 0.2) is 0 Å². The van der Waals surface area contributed by atoms with Crippen molar-refractivity contribution in [2.45, 2.75) is 20.8 Å². The van der Waals surface area contributed by atoms with Gasteiger partial charge in [0.05, 0.1) is 0 Å². The fraction of sp³-hybridized carbons (Fsp3) is 0.455. The van der Waals surface area contributed by atoms with E-state index >= 15 is 0 Å². The Hall–Kier alpha value is -0.890. The lowest BCUT2D eigenvalue weighted by molar-refractivity contribution is 0.665. The Morgan fingerprint density at radius 3 is 2.31 bits per heavy atom. The quantitative estimate of drug-likeness (QED) is 0.663. The first-order valence-electron chi connectivity index (χ1n) is 4.54. The zero-order chi connectivity index (χ0) is 10.7. The molecule has 0 rings (SSSR count). The summed E-state index contributed by atoms with van der Waals surface area (Å²) in [6, 6.07) is 0. The summed E-state index contributed by atoms with van der Waals surface area (Å²) in [6.07, 6.45) is 4.52. The predicted molar refractivity (Wildman–Crippen MR) is 58.4 cm³/mol. The van der Waals surface area contributed by atoms with Crippen LogP contribution in [0.5, 0.6) is 0 Å². The molecule has 0 atom stereocenters. The third-order valence-corrected chi connectivity index (χ3v) is 1.27. The van der Waals surface area contributed by atoms with Gasteiger partial charge in [-0.25, -0.2) is 4.39 Å². The van der Waals surface area contributed by atoms with Gasteiger partial charge in [-0.2, -0.15) is 0 Å². The van der Waals surface area contributed by atoms with E-state index < -0.39 is 0 Å². The molecule has 0 spiro atoms. The molecule has 0 aliphatic heterocycles. The monoisotopic (exact) mass is 185 g/mol. The van der Waals surface area contributed by atoms with Gasteiger partial charge in [-0.1, -0.05) is 26.5 Å². The Morgan fingerprint density at radius 1 is 1.46 bits per heavy atom. The summed E-state index contributed by atoms with van der Waals surface area (Å²) >= 11 is 0. The van der Waals surface area contributed by atoms with Gasteiger partial charge >= 0.3 is 0 Å². The van der Waals surface area contributed by atoms with Crippen LogP contribution in [-0.2, 0) is 0 Å². The van der Waals surface area contributed by atoms with Crippen LogP contribution < -0.4 is 5.32 Å². The fourth-order valence-corrected chi connectivity index (χ4v) is 0.677. The molecule has 0 heterocycles. The SMILES string of the molecule is C=C/C(F)=C\C(=C/C)CNC.CC. The Morgan fingerprint density at radius 2 is 2.00 bits per heavy atom. The van der Waals surface area contributed by atoms with Crippen LogP contribution in [0.15, 0.2) is 36.2 Å². The van der Waals surface area contributed by atoms with Gasteiger partial charge in [-0.3, -0.25) is 0 Å². The van der Waals surface area contributed by atoms with Crippen molar-refractivity contribution in [3.63, 3.8) is 0 Å². The normalized spacial score (nSPS) is 11.8. The molecule has 0 radical (unpaired) electrons. The Bertz CT molecular complexity index is 181. The van der Waals surface area contributed by atoms with Crippen molar-refractivity contribution in [2.75, 3.05) is 13.6 Å². The molecule has 0 aromatic rings. The van der Waals surface area contributed by atoms with Crippen molar-refractivity contribution in [2.24, 2.45) is 0 Å². The summed E-state index contributed by atoms with van der Waals surface area (Å²) in [5, 5.41) is 2.93. The molecule has 0 saturated carbocycles. The van der Waals surface area contributed by atoms with Gasteiger partial charge in [0.1, 0.15) is 5.83 Å². The standard InChI is InChI=1S/C9H14FN.C2H6/c1-4-8(7-11-3)6-9(10)5-2;1-2/h4-6,11H,2,7H2,1,3H3;1-2H3/b8-4+,9-6+;. The van der Waals surface area contributed by atoms with E-state index in [9.17, 15) is 4.39 Å². The molecule has 0 saturated heterocycles. The van der Waals surface area contributed by atoms with E-state index in [2.05, 4.69) is 11.9 Å². The lowest BCUT2D eigenvalue weighted by atomic mass is 10.2. The van der Waals surface area contributed by atoms with Gasteiger partial charge in [0, 0.05) is 6.54 Å². The van der Waals surface area contributed by atoms with Crippen molar-refractivity contribution >= 4 is 0 Å². The highest BCUT2D eigenvalue weighted by Crippen LogP contribution is 2.03. The van der Waals surface area contributed by atoms with Crippen molar-refractivity contribution in [1.82, 2.24) is 5.32 Å². The molecule has 76 valence electrons. The number of hydrogen-bond acceptors (Lipinski definition) is 1. The maximum atomic E-state index is 12.6. The maximum Gasteiger partial charge on any atom is 0.122 e. The first-order valence-corrected chi connectivity index (χ1v) is 4.54. The highest BCUT2D eigenvalue weighted by Gasteiger charge is 1.91. The molecule has 13 heavy (non-hydrogen) atoms. The third kappa shape index (κ3) is 9.02. The number of allylic oxidation sites excluding steroid dienone is 3. The van der Waals surface area contributed by atoms with Crippen molar-refractivity contribution < 1.29 is 4.39 Å². The van der Waals surface area contributed by atoms with Crippen LogP contribution in [0.2, 0.25) is 0 Å². The Kier molecular flexibility index (Phi) is 12.5. The largest absolute Gasteiger partial charge is 0.316 e. The second-order valence-electron chi connectivity index (χ2n) is 2.13. The van der Waals surface area contributed by atoms with Crippen LogP contribution in [0.25, 0.3) is 0 Å². The van der Waals surface area contributed by atoms with E-state index in [1.807, 2.05) is 33.9 Å². The van der Waals surface area contributed by atoms with E-state index in [1.54, 1.807) is 0 Å². The number of halogens is 1. The molecule has 0 fully saturated rings. The van der Waals surface area contributed by atoms with Crippen LogP contribution >= 0.6 is 0 Å². The average molecular weight is 185 g/mol. The summed E-state index contributed by atoms with van der Waals surface area (Å²) in [7, 11) is 1.82. The van der Waals surface area contributed by atoms with Crippen LogP contribution in [0.1, 0.15) is 20.8 Å². The lowest BCUT2D eigenvalue weighted by Gasteiger charge is -1.98. The minimum atomic E-state index is -0.298. The number of nitrogens with one attached hydrogen (secondary N) is 1. The molecular weight excluding hydrogens is 165 g/mol. The van der Waals surface area contributed by atoms with Crippen molar-refractivity contribution in [1.29, 1.82) is 0 Å². The predicted octanol–water partition coefficient (Wildman–Crippen LogP) is 3.22. The highest BCUT2D eigenvalue weighted by molar-refractivity contribution is 5.25. The van der Waals surface area contributed by atoms with Crippen LogP contribution in [0, 0.1) is 0 Å². The van der Waals surface area contributed by atoms with Crippen LogP contribution in [0.4, 0.5) is 4.39 Å². The lowest BCUT2D eigenvalue weighted by Crippen LogP contribution is -2.09. The van der Waals surface area contributed by atoms with E-state index in [-0.39, 0.29) is 5.83 Å². The van der Waals surface area contributed by atoms with Gasteiger partial charge in [0.25, 0.3) is 0 Å². The molecule has 0 bridgehead atoms. The van der Waals surface area contributed by atoms with E-state index in [0.29, 0.717) is 6.54 Å². The molecule has 0 aromatic heterocycles. The van der Waals surface area contributed by atoms with Crippen LogP contribution in [-0.4, -0.2) is 13.6 Å². The number of hydrogen-bond donors (Lipinski definition) is 1. The first-order chi connectivity index (χ1) is 6.24. The van der Waals surface area contributed by atoms with E-state index in [1.165, 1.54) is 12.2 Å².